The quantitative estimate of drug-likeness (QED) is 0.424. The third-order valence-corrected chi connectivity index (χ3v) is 4.88. The van der Waals surface area contributed by atoms with Gasteiger partial charge in [-0.05, 0) is 16.7 Å². The lowest BCUT2D eigenvalue weighted by molar-refractivity contribution is -0.140. The van der Waals surface area contributed by atoms with Crippen molar-refractivity contribution < 1.29 is 18.0 Å². The van der Waals surface area contributed by atoms with Crippen LogP contribution in [-0.4, -0.2) is 16.1 Å². The van der Waals surface area contributed by atoms with Gasteiger partial charge in [-0.3, -0.25) is 9.89 Å². The maximum Gasteiger partial charge on any atom is 0.433 e. The van der Waals surface area contributed by atoms with Gasteiger partial charge < -0.3 is 5.32 Å². The monoisotopic (exact) mass is 421 g/mol. The number of H-pyrrole nitrogens is 1. The molecule has 1 aromatic heterocycles. The van der Waals surface area contributed by atoms with E-state index in [0.717, 1.165) is 11.1 Å². The third kappa shape index (κ3) is 4.35. The minimum atomic E-state index is -4.65. The Morgan fingerprint density at radius 3 is 1.77 bits per heavy atom. The SMILES string of the molecule is O=C(Nc1n[nH]c(C(F)(F)F)c1-c1ccccc1)C(c1ccccc1)c1ccccc1. The third-order valence-electron chi connectivity index (χ3n) is 4.88. The number of benzene rings is 3. The average molecular weight is 421 g/mol. The molecule has 0 aliphatic carbocycles. The second-order valence-electron chi connectivity index (χ2n) is 6.93. The van der Waals surface area contributed by atoms with E-state index in [1.165, 1.54) is 0 Å². The Morgan fingerprint density at radius 1 is 0.806 bits per heavy atom. The highest BCUT2D eigenvalue weighted by Gasteiger charge is 2.38. The number of nitrogens with one attached hydrogen (secondary N) is 2. The predicted molar refractivity (Wildman–Crippen MR) is 112 cm³/mol. The van der Waals surface area contributed by atoms with Gasteiger partial charge in [-0.15, -0.1) is 0 Å². The molecule has 1 heterocycles. The number of hydrogen-bond acceptors (Lipinski definition) is 2. The van der Waals surface area contributed by atoms with Gasteiger partial charge in [0, 0.05) is 0 Å². The van der Waals surface area contributed by atoms with Crippen LogP contribution < -0.4 is 5.32 Å². The maximum atomic E-state index is 13.6. The Balaban J connectivity index is 1.76. The van der Waals surface area contributed by atoms with Crippen molar-refractivity contribution in [1.82, 2.24) is 10.2 Å². The van der Waals surface area contributed by atoms with Crippen LogP contribution in [0.3, 0.4) is 0 Å². The van der Waals surface area contributed by atoms with Crippen molar-refractivity contribution in [3.8, 4) is 11.1 Å². The molecule has 31 heavy (non-hydrogen) atoms. The molecule has 0 fully saturated rings. The molecule has 3 aromatic carbocycles. The van der Waals surface area contributed by atoms with Gasteiger partial charge in [-0.25, -0.2) is 0 Å². The molecule has 0 atom stereocenters. The number of carbonyl (C=O) groups excluding carboxylic acids is 1. The zero-order chi connectivity index (χ0) is 21.8. The number of halogens is 3. The van der Waals surface area contributed by atoms with Crippen LogP contribution in [0.15, 0.2) is 91.0 Å². The lowest BCUT2D eigenvalue weighted by atomic mass is 9.90. The second kappa shape index (κ2) is 8.47. The van der Waals surface area contributed by atoms with Crippen LogP contribution >= 0.6 is 0 Å². The van der Waals surface area contributed by atoms with Crippen LogP contribution in [0.1, 0.15) is 22.7 Å². The summed E-state index contributed by atoms with van der Waals surface area (Å²) in [4.78, 5) is 13.3. The van der Waals surface area contributed by atoms with Crippen LogP contribution in [0, 0.1) is 0 Å². The highest BCUT2D eigenvalue weighted by atomic mass is 19.4. The molecule has 0 aliphatic heterocycles. The van der Waals surface area contributed by atoms with E-state index >= 15 is 0 Å². The predicted octanol–water partition coefficient (Wildman–Crippen LogP) is 5.87. The molecule has 0 saturated carbocycles. The summed E-state index contributed by atoms with van der Waals surface area (Å²) >= 11 is 0. The van der Waals surface area contributed by atoms with E-state index in [1.807, 2.05) is 41.5 Å². The van der Waals surface area contributed by atoms with Crippen molar-refractivity contribution >= 4 is 11.7 Å². The smallest absolute Gasteiger partial charge is 0.308 e. The highest BCUT2D eigenvalue weighted by Crippen LogP contribution is 2.40. The standard InChI is InChI=1S/C24H18F3N3O/c25-24(26,27)21-20(18-14-8-3-9-15-18)22(30-29-21)28-23(31)19(16-10-4-1-5-11-16)17-12-6-2-7-13-17/h1-15,19H,(H2,28,29,30,31). The van der Waals surface area contributed by atoms with Crippen molar-refractivity contribution in [2.24, 2.45) is 0 Å². The Kier molecular flexibility index (Phi) is 5.58. The lowest BCUT2D eigenvalue weighted by Crippen LogP contribution is -2.22. The van der Waals surface area contributed by atoms with E-state index < -0.39 is 23.7 Å². The number of rotatable bonds is 5. The number of carbonyl (C=O) groups is 1. The number of alkyl halides is 3. The largest absolute Gasteiger partial charge is 0.433 e. The molecular weight excluding hydrogens is 403 g/mol. The van der Waals surface area contributed by atoms with Gasteiger partial charge in [0.15, 0.2) is 5.82 Å². The van der Waals surface area contributed by atoms with E-state index in [0.29, 0.717) is 5.56 Å². The van der Waals surface area contributed by atoms with Gasteiger partial charge in [0.1, 0.15) is 5.69 Å². The summed E-state index contributed by atoms with van der Waals surface area (Å²) in [5, 5.41) is 8.46. The van der Waals surface area contributed by atoms with Gasteiger partial charge in [0.2, 0.25) is 5.91 Å². The van der Waals surface area contributed by atoms with Gasteiger partial charge in [0.05, 0.1) is 11.5 Å². The summed E-state index contributed by atoms with van der Waals surface area (Å²) in [5.41, 5.74) is 0.541. The Hall–Kier alpha value is -3.87. The number of amides is 1. The molecule has 4 aromatic rings. The molecule has 0 unspecified atom stereocenters. The molecule has 0 bridgehead atoms. The molecule has 0 radical (unpaired) electrons. The molecule has 156 valence electrons. The molecule has 4 nitrogen and oxygen atoms in total. The number of aromatic amines is 1. The van der Waals surface area contributed by atoms with Gasteiger partial charge in [0.25, 0.3) is 0 Å². The van der Waals surface area contributed by atoms with Crippen LogP contribution in [0.2, 0.25) is 0 Å². The van der Waals surface area contributed by atoms with E-state index in [9.17, 15) is 18.0 Å². The summed E-state index contributed by atoms with van der Waals surface area (Å²) in [6.07, 6.45) is -4.65. The zero-order valence-corrected chi connectivity index (χ0v) is 16.2. The number of anilines is 1. The van der Waals surface area contributed by atoms with Crippen molar-refractivity contribution in [3.63, 3.8) is 0 Å². The minimum Gasteiger partial charge on any atom is -0.308 e. The Morgan fingerprint density at radius 2 is 1.29 bits per heavy atom. The van der Waals surface area contributed by atoms with E-state index in [1.54, 1.807) is 54.6 Å². The first-order valence-electron chi connectivity index (χ1n) is 9.57. The van der Waals surface area contributed by atoms with E-state index in [-0.39, 0.29) is 11.4 Å². The van der Waals surface area contributed by atoms with Crippen molar-refractivity contribution in [3.05, 3.63) is 108 Å². The second-order valence-corrected chi connectivity index (χ2v) is 6.93. The van der Waals surface area contributed by atoms with E-state index in [2.05, 4.69) is 10.4 Å². The van der Waals surface area contributed by atoms with Crippen molar-refractivity contribution in [2.45, 2.75) is 12.1 Å². The highest BCUT2D eigenvalue weighted by molar-refractivity contribution is 6.00. The summed E-state index contributed by atoms with van der Waals surface area (Å²) in [6, 6.07) is 26.2. The molecule has 0 spiro atoms. The normalized spacial score (nSPS) is 11.5. The molecule has 1 amide bonds. The molecule has 2 N–H and O–H groups in total. The van der Waals surface area contributed by atoms with Gasteiger partial charge in [-0.1, -0.05) is 91.0 Å². The lowest BCUT2D eigenvalue weighted by Gasteiger charge is -2.18. The zero-order valence-electron chi connectivity index (χ0n) is 16.2. The summed E-state index contributed by atoms with van der Waals surface area (Å²) in [5.74, 6) is -1.35. The van der Waals surface area contributed by atoms with Crippen LogP contribution in [0.5, 0.6) is 0 Å². The minimum absolute atomic E-state index is 0.166. The average Bonchev–Trinajstić information content (AvgIpc) is 3.20. The van der Waals surface area contributed by atoms with E-state index in [4.69, 9.17) is 0 Å². The number of nitrogens with zero attached hydrogens (tertiary/aromatic N) is 1. The molecule has 4 rings (SSSR count). The Labute approximate surface area is 176 Å². The van der Waals surface area contributed by atoms with Crippen LogP contribution in [-0.2, 0) is 11.0 Å². The van der Waals surface area contributed by atoms with Crippen LogP contribution in [0.25, 0.3) is 11.1 Å². The molecular formula is C24H18F3N3O. The fourth-order valence-corrected chi connectivity index (χ4v) is 3.50. The molecule has 0 aliphatic rings. The van der Waals surface area contributed by atoms with Crippen molar-refractivity contribution in [2.75, 3.05) is 5.32 Å². The summed E-state index contributed by atoms with van der Waals surface area (Å²) < 4.78 is 40.8. The first-order chi connectivity index (χ1) is 14.9. The molecule has 7 heteroatoms. The summed E-state index contributed by atoms with van der Waals surface area (Å²) in [7, 11) is 0. The number of aromatic nitrogens is 2. The van der Waals surface area contributed by atoms with Crippen molar-refractivity contribution in [1.29, 1.82) is 0 Å². The maximum absolute atomic E-state index is 13.6. The van der Waals surface area contributed by atoms with Gasteiger partial charge >= 0.3 is 6.18 Å². The fraction of sp³-hybridized carbons (Fsp3) is 0.0833. The fourth-order valence-electron chi connectivity index (χ4n) is 3.50. The number of hydrogen-bond donors (Lipinski definition) is 2. The van der Waals surface area contributed by atoms with Crippen LogP contribution in [0.4, 0.5) is 19.0 Å². The first kappa shape index (κ1) is 20.4. The first-order valence-corrected chi connectivity index (χ1v) is 9.57. The Bertz CT molecular complexity index is 1120. The topological polar surface area (TPSA) is 57.8 Å². The van der Waals surface area contributed by atoms with Gasteiger partial charge in [-0.2, -0.15) is 18.3 Å². The molecule has 0 saturated heterocycles. The summed E-state index contributed by atoms with van der Waals surface area (Å²) in [6.45, 7) is 0.